The Morgan fingerprint density at radius 3 is 2.84 bits per heavy atom. The van der Waals surface area contributed by atoms with Crippen LogP contribution in [0.1, 0.15) is 34.4 Å². The van der Waals surface area contributed by atoms with Crippen molar-refractivity contribution in [3.8, 4) is 17.0 Å². The van der Waals surface area contributed by atoms with Crippen molar-refractivity contribution in [1.29, 1.82) is 0 Å². The number of aromatic nitrogens is 2. The molecule has 1 aliphatic heterocycles. The molecule has 0 unspecified atom stereocenters. The summed E-state index contributed by atoms with van der Waals surface area (Å²) < 4.78 is 7.69. The lowest BCUT2D eigenvalue weighted by Gasteiger charge is -2.21. The standard InChI is InChI=1S/C19H21N3O2S/c1-3-10-24-14-6-4-13(5-7-14)18-16(12-23)22-15-8-9-21(2)11-17(15)25-19(22)20-18/h4-7,12H,3,8-11H2,1-2H3. The number of nitrogens with zero attached hydrogens (tertiary/aromatic N) is 3. The van der Waals surface area contributed by atoms with Crippen LogP contribution in [-0.2, 0) is 13.0 Å². The summed E-state index contributed by atoms with van der Waals surface area (Å²) in [4.78, 5) is 21.1. The van der Waals surface area contributed by atoms with Crippen LogP contribution in [0, 0.1) is 0 Å². The normalized spacial score (nSPS) is 14.6. The van der Waals surface area contributed by atoms with Gasteiger partial charge in [-0.05, 0) is 37.7 Å². The fraction of sp³-hybridized carbons (Fsp3) is 0.368. The van der Waals surface area contributed by atoms with Crippen LogP contribution in [0.25, 0.3) is 16.2 Å². The first-order valence-electron chi connectivity index (χ1n) is 8.61. The summed E-state index contributed by atoms with van der Waals surface area (Å²) in [7, 11) is 2.12. The summed E-state index contributed by atoms with van der Waals surface area (Å²) >= 11 is 1.69. The molecular weight excluding hydrogens is 334 g/mol. The first-order chi connectivity index (χ1) is 12.2. The number of thiazole rings is 1. The quantitative estimate of drug-likeness (QED) is 0.656. The molecule has 0 saturated heterocycles. The number of rotatable bonds is 5. The lowest BCUT2D eigenvalue weighted by molar-refractivity contribution is 0.111. The van der Waals surface area contributed by atoms with Gasteiger partial charge in [0.2, 0.25) is 0 Å². The molecule has 2 aromatic heterocycles. The summed E-state index contributed by atoms with van der Waals surface area (Å²) in [6.45, 7) is 4.73. The van der Waals surface area contributed by atoms with Gasteiger partial charge < -0.3 is 9.64 Å². The van der Waals surface area contributed by atoms with Crippen molar-refractivity contribution in [2.75, 3.05) is 20.2 Å². The number of hydrogen-bond donors (Lipinski definition) is 0. The van der Waals surface area contributed by atoms with Crippen LogP contribution in [0.3, 0.4) is 0 Å². The molecule has 0 radical (unpaired) electrons. The molecule has 0 bridgehead atoms. The zero-order valence-corrected chi connectivity index (χ0v) is 15.3. The molecule has 0 fully saturated rings. The second-order valence-corrected chi connectivity index (χ2v) is 7.48. The predicted molar refractivity (Wildman–Crippen MR) is 99.7 cm³/mol. The van der Waals surface area contributed by atoms with Crippen LogP contribution >= 0.6 is 11.3 Å². The molecular formula is C19H21N3O2S. The molecule has 0 amide bonds. The van der Waals surface area contributed by atoms with Crippen molar-refractivity contribution >= 4 is 22.6 Å². The van der Waals surface area contributed by atoms with Crippen LogP contribution in [0.15, 0.2) is 24.3 Å². The third kappa shape index (κ3) is 2.85. The minimum Gasteiger partial charge on any atom is -0.494 e. The molecule has 130 valence electrons. The van der Waals surface area contributed by atoms with E-state index in [-0.39, 0.29) is 0 Å². The number of ether oxygens (including phenoxy) is 1. The summed E-state index contributed by atoms with van der Waals surface area (Å²) in [6.07, 6.45) is 2.86. The van der Waals surface area contributed by atoms with E-state index in [1.54, 1.807) is 11.3 Å². The van der Waals surface area contributed by atoms with Gasteiger partial charge in [-0.3, -0.25) is 9.20 Å². The lowest BCUT2D eigenvalue weighted by atomic mass is 10.1. The van der Waals surface area contributed by atoms with Gasteiger partial charge in [-0.2, -0.15) is 0 Å². The molecule has 0 N–H and O–H groups in total. The van der Waals surface area contributed by atoms with E-state index >= 15 is 0 Å². The van der Waals surface area contributed by atoms with E-state index in [4.69, 9.17) is 9.72 Å². The Labute approximate surface area is 150 Å². The van der Waals surface area contributed by atoms with Gasteiger partial charge in [0, 0.05) is 35.6 Å². The molecule has 1 aliphatic rings. The highest BCUT2D eigenvalue weighted by molar-refractivity contribution is 7.17. The molecule has 0 aliphatic carbocycles. The number of benzene rings is 1. The second kappa shape index (κ2) is 6.61. The molecule has 3 aromatic rings. The van der Waals surface area contributed by atoms with E-state index in [1.807, 2.05) is 24.3 Å². The number of imidazole rings is 1. The van der Waals surface area contributed by atoms with E-state index in [0.29, 0.717) is 12.3 Å². The van der Waals surface area contributed by atoms with Gasteiger partial charge in [-0.1, -0.05) is 18.3 Å². The number of carbonyl (C=O) groups excluding carboxylic acids is 1. The number of hydrogen-bond acceptors (Lipinski definition) is 5. The third-order valence-corrected chi connectivity index (χ3v) is 5.61. The van der Waals surface area contributed by atoms with Crippen LogP contribution in [0.4, 0.5) is 0 Å². The molecule has 25 heavy (non-hydrogen) atoms. The lowest BCUT2D eigenvalue weighted by Crippen LogP contribution is -2.26. The Balaban J connectivity index is 1.75. The Morgan fingerprint density at radius 2 is 2.12 bits per heavy atom. The fourth-order valence-corrected chi connectivity index (χ4v) is 4.53. The molecule has 0 spiro atoms. The molecule has 3 heterocycles. The summed E-state index contributed by atoms with van der Waals surface area (Å²) in [5, 5.41) is 0. The number of aldehydes is 1. The third-order valence-electron chi connectivity index (χ3n) is 4.54. The Hall–Kier alpha value is -2.18. The van der Waals surface area contributed by atoms with Crippen LogP contribution < -0.4 is 4.74 Å². The minimum absolute atomic E-state index is 0.652. The zero-order chi connectivity index (χ0) is 17.4. The molecule has 0 atom stereocenters. The van der Waals surface area contributed by atoms with E-state index < -0.39 is 0 Å². The first kappa shape index (κ1) is 16.3. The van der Waals surface area contributed by atoms with Crippen molar-refractivity contribution in [2.24, 2.45) is 0 Å². The SMILES string of the molecule is CCCOc1ccc(-c2nc3sc4c(n3c2C=O)CCN(C)C4)cc1. The van der Waals surface area contributed by atoms with Crippen LogP contribution in [-0.4, -0.2) is 40.8 Å². The fourth-order valence-electron chi connectivity index (χ4n) is 3.28. The zero-order valence-electron chi connectivity index (χ0n) is 14.5. The van der Waals surface area contributed by atoms with Crippen LogP contribution in [0.2, 0.25) is 0 Å². The molecule has 6 heteroatoms. The van der Waals surface area contributed by atoms with Gasteiger partial charge in [-0.25, -0.2) is 4.98 Å². The maximum atomic E-state index is 11.8. The number of likely N-dealkylation sites (N-methyl/N-ethyl adjacent to an activating group) is 1. The van der Waals surface area contributed by atoms with Gasteiger partial charge in [0.1, 0.15) is 17.1 Å². The summed E-state index contributed by atoms with van der Waals surface area (Å²) in [5.41, 5.74) is 3.59. The Kier molecular flexibility index (Phi) is 4.31. The van der Waals surface area contributed by atoms with Gasteiger partial charge in [0.05, 0.1) is 6.61 Å². The maximum absolute atomic E-state index is 11.8. The molecule has 1 aromatic carbocycles. The first-order valence-corrected chi connectivity index (χ1v) is 9.43. The average molecular weight is 355 g/mol. The van der Waals surface area contributed by atoms with Crippen LogP contribution in [0.5, 0.6) is 5.75 Å². The van der Waals surface area contributed by atoms with Gasteiger partial charge in [0.15, 0.2) is 11.2 Å². The molecule has 4 rings (SSSR count). The number of fused-ring (bicyclic) bond motifs is 3. The smallest absolute Gasteiger partial charge is 0.195 e. The van der Waals surface area contributed by atoms with Crippen molar-refractivity contribution in [3.05, 3.63) is 40.5 Å². The highest BCUT2D eigenvalue weighted by Crippen LogP contribution is 2.33. The van der Waals surface area contributed by atoms with E-state index in [0.717, 1.165) is 54.2 Å². The topological polar surface area (TPSA) is 46.8 Å². The van der Waals surface area contributed by atoms with E-state index in [2.05, 4.69) is 23.3 Å². The monoisotopic (exact) mass is 355 g/mol. The largest absolute Gasteiger partial charge is 0.494 e. The molecule has 0 saturated carbocycles. The second-order valence-electron chi connectivity index (χ2n) is 6.41. The van der Waals surface area contributed by atoms with E-state index in [9.17, 15) is 4.79 Å². The highest BCUT2D eigenvalue weighted by atomic mass is 32.1. The van der Waals surface area contributed by atoms with Crippen molar-refractivity contribution in [1.82, 2.24) is 14.3 Å². The van der Waals surface area contributed by atoms with Gasteiger partial charge >= 0.3 is 0 Å². The molecule has 5 nitrogen and oxygen atoms in total. The highest BCUT2D eigenvalue weighted by Gasteiger charge is 2.24. The van der Waals surface area contributed by atoms with Gasteiger partial charge in [-0.15, -0.1) is 0 Å². The van der Waals surface area contributed by atoms with Crippen molar-refractivity contribution < 1.29 is 9.53 Å². The summed E-state index contributed by atoms with van der Waals surface area (Å²) in [6, 6.07) is 7.84. The Morgan fingerprint density at radius 1 is 1.32 bits per heavy atom. The van der Waals surface area contributed by atoms with Crippen molar-refractivity contribution in [2.45, 2.75) is 26.3 Å². The van der Waals surface area contributed by atoms with E-state index in [1.165, 1.54) is 10.6 Å². The minimum atomic E-state index is 0.652. The predicted octanol–water partition coefficient (Wildman–Crippen LogP) is 3.65. The van der Waals surface area contributed by atoms with Crippen molar-refractivity contribution in [3.63, 3.8) is 0 Å². The summed E-state index contributed by atoms with van der Waals surface area (Å²) in [5.74, 6) is 0.847. The van der Waals surface area contributed by atoms with Gasteiger partial charge in [0.25, 0.3) is 0 Å². The average Bonchev–Trinajstić information content (AvgIpc) is 3.15. The maximum Gasteiger partial charge on any atom is 0.195 e. The Bertz CT molecular complexity index is 911. The number of carbonyl (C=O) groups is 1.